The Balaban J connectivity index is 2.45. The van der Waals surface area contributed by atoms with Crippen LogP contribution in [-0.2, 0) is 0 Å². The van der Waals surface area contributed by atoms with E-state index >= 15 is 0 Å². The molecule has 0 atom stereocenters. The Morgan fingerprint density at radius 2 is 1.53 bits per heavy atom. The zero-order chi connectivity index (χ0) is 10.8. The zero-order valence-corrected chi connectivity index (χ0v) is 8.50. The molecule has 0 amide bonds. The molecular formula is C13H12FN. The monoisotopic (exact) mass is 201 g/mol. The lowest BCUT2D eigenvalue weighted by Gasteiger charge is -2.04. The highest BCUT2D eigenvalue weighted by Gasteiger charge is 2.01. The minimum absolute atomic E-state index is 0.188. The van der Waals surface area contributed by atoms with Gasteiger partial charge in [-0.05, 0) is 30.2 Å². The van der Waals surface area contributed by atoms with Crippen LogP contribution in [0.1, 0.15) is 5.56 Å². The first-order valence-electron chi connectivity index (χ1n) is 4.79. The van der Waals surface area contributed by atoms with Crippen molar-refractivity contribution in [3.63, 3.8) is 0 Å². The predicted octanol–water partition coefficient (Wildman–Crippen LogP) is 3.38. The van der Waals surface area contributed by atoms with Crippen LogP contribution in [0.25, 0.3) is 11.1 Å². The number of halogens is 1. The number of anilines is 1. The molecule has 2 aromatic rings. The van der Waals surface area contributed by atoms with Crippen molar-refractivity contribution in [2.24, 2.45) is 0 Å². The van der Waals surface area contributed by atoms with Crippen LogP contribution in [0.15, 0.2) is 42.5 Å². The third-order valence-electron chi connectivity index (χ3n) is 2.38. The molecule has 15 heavy (non-hydrogen) atoms. The Bertz CT molecular complexity index is 474. The third-order valence-corrected chi connectivity index (χ3v) is 2.38. The summed E-state index contributed by atoms with van der Waals surface area (Å²) in [6.45, 7) is 2.03. The van der Waals surface area contributed by atoms with E-state index in [-0.39, 0.29) is 11.5 Å². The first-order valence-corrected chi connectivity index (χ1v) is 4.79. The lowest BCUT2D eigenvalue weighted by molar-refractivity contribution is 0.632. The molecule has 0 radical (unpaired) electrons. The minimum Gasteiger partial charge on any atom is -0.396 e. The first-order chi connectivity index (χ1) is 7.16. The first kappa shape index (κ1) is 9.71. The van der Waals surface area contributed by atoms with Crippen molar-refractivity contribution in [3.05, 3.63) is 53.8 Å². The normalized spacial score (nSPS) is 10.3. The van der Waals surface area contributed by atoms with Crippen molar-refractivity contribution in [3.8, 4) is 11.1 Å². The largest absolute Gasteiger partial charge is 0.396 e. The van der Waals surface area contributed by atoms with Gasteiger partial charge in [-0.1, -0.05) is 35.9 Å². The number of aryl methyl sites for hydroxylation is 1. The summed E-state index contributed by atoms with van der Waals surface area (Å²) in [5.74, 6) is -0.370. The van der Waals surface area contributed by atoms with Gasteiger partial charge in [0, 0.05) is 0 Å². The number of rotatable bonds is 1. The number of nitrogens with two attached hydrogens (primary N) is 1. The summed E-state index contributed by atoms with van der Waals surface area (Å²) in [5.41, 5.74) is 8.89. The maximum atomic E-state index is 13.0. The van der Waals surface area contributed by atoms with E-state index in [1.807, 2.05) is 31.2 Å². The number of hydrogen-bond acceptors (Lipinski definition) is 1. The van der Waals surface area contributed by atoms with Crippen molar-refractivity contribution >= 4 is 5.69 Å². The lowest BCUT2D eigenvalue weighted by Crippen LogP contribution is -1.90. The Labute approximate surface area is 88.4 Å². The van der Waals surface area contributed by atoms with Gasteiger partial charge >= 0.3 is 0 Å². The van der Waals surface area contributed by atoms with Crippen molar-refractivity contribution in [2.75, 3.05) is 5.73 Å². The van der Waals surface area contributed by atoms with Gasteiger partial charge in [0.05, 0.1) is 5.69 Å². The topological polar surface area (TPSA) is 26.0 Å². The molecule has 0 heterocycles. The van der Waals surface area contributed by atoms with Crippen molar-refractivity contribution in [2.45, 2.75) is 6.92 Å². The van der Waals surface area contributed by atoms with E-state index in [9.17, 15) is 4.39 Å². The second kappa shape index (κ2) is 3.73. The van der Waals surface area contributed by atoms with E-state index in [2.05, 4.69) is 0 Å². The SMILES string of the molecule is Cc1ccc(-c2ccc(F)c(N)c2)cc1. The van der Waals surface area contributed by atoms with E-state index in [0.717, 1.165) is 11.1 Å². The van der Waals surface area contributed by atoms with Crippen LogP contribution in [0.5, 0.6) is 0 Å². The summed E-state index contributed by atoms with van der Waals surface area (Å²) in [7, 11) is 0. The van der Waals surface area contributed by atoms with Crippen LogP contribution in [0.3, 0.4) is 0 Å². The maximum Gasteiger partial charge on any atom is 0.146 e. The molecule has 0 fully saturated rings. The summed E-state index contributed by atoms with van der Waals surface area (Å²) in [4.78, 5) is 0. The summed E-state index contributed by atoms with van der Waals surface area (Å²) in [6, 6.07) is 12.8. The third kappa shape index (κ3) is 1.99. The number of benzene rings is 2. The molecule has 1 nitrogen and oxygen atoms in total. The molecule has 0 spiro atoms. The molecule has 2 N–H and O–H groups in total. The van der Waals surface area contributed by atoms with Crippen molar-refractivity contribution in [1.82, 2.24) is 0 Å². The minimum atomic E-state index is -0.370. The molecule has 0 bridgehead atoms. The van der Waals surface area contributed by atoms with Gasteiger partial charge in [0.1, 0.15) is 5.82 Å². The molecule has 76 valence electrons. The van der Waals surface area contributed by atoms with Crippen LogP contribution in [-0.4, -0.2) is 0 Å². The summed E-state index contributed by atoms with van der Waals surface area (Å²) < 4.78 is 13.0. The van der Waals surface area contributed by atoms with Crippen molar-refractivity contribution in [1.29, 1.82) is 0 Å². The predicted molar refractivity (Wildman–Crippen MR) is 61.0 cm³/mol. The van der Waals surface area contributed by atoms with Gasteiger partial charge in [-0.15, -0.1) is 0 Å². The summed E-state index contributed by atoms with van der Waals surface area (Å²) in [6.07, 6.45) is 0. The van der Waals surface area contributed by atoms with Gasteiger partial charge in [-0.3, -0.25) is 0 Å². The number of hydrogen-bond donors (Lipinski definition) is 1. The molecule has 2 rings (SSSR count). The highest BCUT2D eigenvalue weighted by molar-refractivity contribution is 5.67. The smallest absolute Gasteiger partial charge is 0.146 e. The molecular weight excluding hydrogens is 189 g/mol. The average Bonchev–Trinajstić information content (AvgIpc) is 2.23. The fourth-order valence-corrected chi connectivity index (χ4v) is 1.47. The molecule has 0 unspecified atom stereocenters. The maximum absolute atomic E-state index is 13.0. The molecule has 0 aromatic heterocycles. The van der Waals surface area contributed by atoms with E-state index < -0.39 is 0 Å². The second-order valence-electron chi connectivity index (χ2n) is 3.60. The quantitative estimate of drug-likeness (QED) is 0.703. The van der Waals surface area contributed by atoms with Gasteiger partial charge in [-0.2, -0.15) is 0 Å². The molecule has 0 aliphatic carbocycles. The Kier molecular flexibility index (Phi) is 2.42. The molecule has 0 saturated heterocycles. The number of nitrogen functional groups attached to an aromatic ring is 1. The fraction of sp³-hybridized carbons (Fsp3) is 0.0769. The molecule has 0 saturated carbocycles. The zero-order valence-electron chi connectivity index (χ0n) is 8.50. The highest BCUT2D eigenvalue weighted by atomic mass is 19.1. The highest BCUT2D eigenvalue weighted by Crippen LogP contribution is 2.23. The average molecular weight is 201 g/mol. The summed E-state index contributed by atoms with van der Waals surface area (Å²) in [5, 5.41) is 0. The van der Waals surface area contributed by atoms with Gasteiger partial charge in [0.25, 0.3) is 0 Å². The summed E-state index contributed by atoms with van der Waals surface area (Å²) >= 11 is 0. The van der Waals surface area contributed by atoms with E-state index in [4.69, 9.17) is 5.73 Å². The fourth-order valence-electron chi connectivity index (χ4n) is 1.47. The van der Waals surface area contributed by atoms with Crippen LogP contribution >= 0.6 is 0 Å². The second-order valence-corrected chi connectivity index (χ2v) is 3.60. The van der Waals surface area contributed by atoms with Crippen LogP contribution in [0.2, 0.25) is 0 Å². The van der Waals surface area contributed by atoms with Gasteiger partial charge in [0.2, 0.25) is 0 Å². The van der Waals surface area contributed by atoms with E-state index in [1.165, 1.54) is 11.6 Å². The molecule has 0 aliphatic heterocycles. The standard InChI is InChI=1S/C13H12FN/c1-9-2-4-10(5-3-9)11-6-7-12(14)13(15)8-11/h2-8H,15H2,1H3. The molecule has 2 heteroatoms. The van der Waals surface area contributed by atoms with Crippen LogP contribution in [0.4, 0.5) is 10.1 Å². The van der Waals surface area contributed by atoms with Crippen LogP contribution in [0, 0.1) is 12.7 Å². The van der Waals surface area contributed by atoms with Crippen molar-refractivity contribution < 1.29 is 4.39 Å². The Hall–Kier alpha value is -1.83. The van der Waals surface area contributed by atoms with E-state index in [0.29, 0.717) is 0 Å². The van der Waals surface area contributed by atoms with Gasteiger partial charge in [-0.25, -0.2) is 4.39 Å². The van der Waals surface area contributed by atoms with Gasteiger partial charge < -0.3 is 5.73 Å². The molecule has 2 aromatic carbocycles. The van der Waals surface area contributed by atoms with E-state index in [1.54, 1.807) is 12.1 Å². The Morgan fingerprint density at radius 3 is 2.13 bits per heavy atom. The molecule has 0 aliphatic rings. The van der Waals surface area contributed by atoms with Crippen LogP contribution < -0.4 is 5.73 Å². The lowest BCUT2D eigenvalue weighted by atomic mass is 10.0. The van der Waals surface area contributed by atoms with Gasteiger partial charge in [0.15, 0.2) is 0 Å². The Morgan fingerprint density at radius 1 is 0.933 bits per heavy atom.